The molecule has 0 rings (SSSR count). The number of nitrogens with zero attached hydrogens (tertiary/aromatic N) is 1. The molecule has 0 fully saturated rings. The van der Waals surface area contributed by atoms with E-state index >= 15 is 0 Å². The Morgan fingerprint density at radius 2 is 2.18 bits per heavy atom. The summed E-state index contributed by atoms with van der Waals surface area (Å²) in [5.74, 6) is -1.11. The van der Waals surface area contributed by atoms with Crippen LogP contribution in [0.25, 0.3) is 0 Å². The van der Waals surface area contributed by atoms with E-state index in [9.17, 15) is 4.79 Å². The van der Waals surface area contributed by atoms with Crippen LogP contribution in [0.15, 0.2) is 4.99 Å². The summed E-state index contributed by atoms with van der Waals surface area (Å²) < 4.78 is 0. The average Bonchev–Trinajstić information content (AvgIpc) is 1.86. The maximum Gasteiger partial charge on any atom is 0.321 e. The Morgan fingerprint density at radius 3 is 2.55 bits per heavy atom. The molecular weight excluding hydrogens is 170 g/mol. The lowest BCUT2D eigenvalue weighted by atomic mass is 10.3. The van der Waals surface area contributed by atoms with Gasteiger partial charge in [-0.2, -0.15) is 0 Å². The van der Waals surface area contributed by atoms with Crippen LogP contribution >= 0.6 is 11.6 Å². The van der Waals surface area contributed by atoms with Crippen LogP contribution in [0.3, 0.4) is 0 Å². The zero-order chi connectivity index (χ0) is 8.85. The number of carbonyl (C=O) groups is 1. The van der Waals surface area contributed by atoms with Crippen LogP contribution in [0, 0.1) is 0 Å². The van der Waals surface area contributed by atoms with E-state index in [2.05, 4.69) is 4.99 Å². The normalized spacial score (nSPS) is 12.1. The number of aliphatic imine (C=N–C) groups is 1. The van der Waals surface area contributed by atoms with Gasteiger partial charge in [-0.25, -0.2) is 0 Å². The summed E-state index contributed by atoms with van der Waals surface area (Å²) >= 11 is 5.35. The molecule has 0 aromatic rings. The van der Waals surface area contributed by atoms with Crippen LogP contribution in [0.5, 0.6) is 0 Å². The smallest absolute Gasteiger partial charge is 0.321 e. The van der Waals surface area contributed by atoms with E-state index in [0.717, 1.165) is 0 Å². The van der Waals surface area contributed by atoms with Gasteiger partial charge in [0.25, 0.3) is 0 Å². The molecule has 11 heavy (non-hydrogen) atoms. The molecule has 0 saturated carbocycles. The number of guanidine groups is 1. The molecule has 1 atom stereocenters. The SMILES string of the molecule is NC(N)=NCC[C@H](Cl)C(=O)O. The van der Waals surface area contributed by atoms with E-state index in [4.69, 9.17) is 28.2 Å². The first-order valence-electron chi connectivity index (χ1n) is 2.96. The first kappa shape index (κ1) is 10.0. The highest BCUT2D eigenvalue weighted by molar-refractivity contribution is 6.29. The second-order valence-electron chi connectivity index (χ2n) is 1.90. The minimum atomic E-state index is -1.06. The topological polar surface area (TPSA) is 102 Å². The van der Waals surface area contributed by atoms with E-state index in [1.165, 1.54) is 0 Å². The van der Waals surface area contributed by atoms with Crippen LogP contribution in [-0.4, -0.2) is 29.0 Å². The fourth-order valence-corrected chi connectivity index (χ4v) is 0.528. The van der Waals surface area contributed by atoms with Crippen LogP contribution in [-0.2, 0) is 4.79 Å². The second-order valence-corrected chi connectivity index (χ2v) is 2.43. The molecule has 0 heterocycles. The highest BCUT2D eigenvalue weighted by Gasteiger charge is 2.11. The Bertz CT molecular complexity index is 167. The van der Waals surface area contributed by atoms with Crippen molar-refractivity contribution in [3.8, 4) is 0 Å². The van der Waals surface area contributed by atoms with Gasteiger partial charge in [-0.05, 0) is 6.42 Å². The lowest BCUT2D eigenvalue weighted by Gasteiger charge is -1.99. The van der Waals surface area contributed by atoms with Gasteiger partial charge in [0.1, 0.15) is 5.38 Å². The maximum atomic E-state index is 10.1. The Hall–Kier alpha value is -0.970. The Balaban J connectivity index is 3.55. The third kappa shape index (κ3) is 5.47. The van der Waals surface area contributed by atoms with Gasteiger partial charge in [0.2, 0.25) is 0 Å². The number of rotatable bonds is 4. The van der Waals surface area contributed by atoms with Crippen LogP contribution < -0.4 is 11.5 Å². The van der Waals surface area contributed by atoms with Gasteiger partial charge in [0.15, 0.2) is 5.96 Å². The first-order valence-corrected chi connectivity index (χ1v) is 3.40. The quantitative estimate of drug-likeness (QED) is 0.303. The summed E-state index contributed by atoms with van der Waals surface area (Å²) in [4.78, 5) is 13.7. The Kier molecular flexibility index (Phi) is 4.36. The molecule has 0 aliphatic rings. The molecule has 0 saturated heterocycles. The highest BCUT2D eigenvalue weighted by atomic mass is 35.5. The van der Waals surface area contributed by atoms with E-state index in [1.807, 2.05) is 0 Å². The van der Waals surface area contributed by atoms with Crippen molar-refractivity contribution in [2.24, 2.45) is 16.5 Å². The summed E-state index contributed by atoms with van der Waals surface area (Å²) in [6, 6.07) is 0. The molecule has 0 unspecified atom stereocenters. The minimum absolute atomic E-state index is 0.0562. The minimum Gasteiger partial charge on any atom is -0.480 e. The molecule has 5 N–H and O–H groups in total. The zero-order valence-electron chi connectivity index (χ0n) is 5.83. The van der Waals surface area contributed by atoms with Gasteiger partial charge in [-0.15, -0.1) is 11.6 Å². The van der Waals surface area contributed by atoms with Crippen molar-refractivity contribution in [3.05, 3.63) is 0 Å². The molecule has 0 aliphatic heterocycles. The molecule has 64 valence electrons. The van der Waals surface area contributed by atoms with Crippen molar-refractivity contribution in [2.75, 3.05) is 6.54 Å². The summed E-state index contributed by atoms with van der Waals surface area (Å²) in [5.41, 5.74) is 9.98. The fourth-order valence-electron chi connectivity index (χ4n) is 0.430. The molecule has 0 aliphatic carbocycles. The number of aliphatic carboxylic acids is 1. The molecule has 0 amide bonds. The van der Waals surface area contributed by atoms with Gasteiger partial charge < -0.3 is 16.6 Å². The number of alkyl halides is 1. The van der Waals surface area contributed by atoms with Crippen molar-refractivity contribution < 1.29 is 9.90 Å². The monoisotopic (exact) mass is 179 g/mol. The van der Waals surface area contributed by atoms with Crippen molar-refractivity contribution in [1.29, 1.82) is 0 Å². The second kappa shape index (κ2) is 4.79. The van der Waals surface area contributed by atoms with Gasteiger partial charge >= 0.3 is 5.97 Å². The molecule has 0 bridgehead atoms. The van der Waals surface area contributed by atoms with Crippen molar-refractivity contribution in [1.82, 2.24) is 0 Å². The van der Waals surface area contributed by atoms with E-state index in [-0.39, 0.29) is 18.9 Å². The van der Waals surface area contributed by atoms with E-state index in [1.54, 1.807) is 0 Å². The molecule has 0 aromatic heterocycles. The lowest BCUT2D eigenvalue weighted by Crippen LogP contribution is -2.23. The molecule has 5 nitrogen and oxygen atoms in total. The number of hydrogen-bond donors (Lipinski definition) is 3. The third-order valence-corrected chi connectivity index (χ3v) is 1.35. The Morgan fingerprint density at radius 1 is 1.64 bits per heavy atom. The summed E-state index contributed by atoms with van der Waals surface area (Å²) in [5, 5.41) is 7.39. The molecule has 0 spiro atoms. The predicted molar refractivity (Wildman–Crippen MR) is 42.6 cm³/mol. The summed E-state index contributed by atoms with van der Waals surface area (Å²) in [6.45, 7) is 0.239. The van der Waals surface area contributed by atoms with Gasteiger partial charge in [-0.1, -0.05) is 0 Å². The van der Waals surface area contributed by atoms with Crippen molar-refractivity contribution in [2.45, 2.75) is 11.8 Å². The predicted octanol–water partition coefficient (Wildman–Crippen LogP) is -0.658. The van der Waals surface area contributed by atoms with Crippen LogP contribution in [0.1, 0.15) is 6.42 Å². The standard InChI is InChI=1S/C5H10ClN3O2/c6-3(4(10)11)1-2-9-5(7)8/h3H,1-2H2,(H,10,11)(H4,7,8,9)/t3-/m0/s1. The zero-order valence-corrected chi connectivity index (χ0v) is 6.58. The fraction of sp³-hybridized carbons (Fsp3) is 0.600. The van der Waals surface area contributed by atoms with Crippen LogP contribution in [0.2, 0.25) is 0 Å². The lowest BCUT2D eigenvalue weighted by molar-refractivity contribution is -0.136. The Labute approximate surface area is 69.0 Å². The number of nitrogens with two attached hydrogens (primary N) is 2. The van der Waals surface area contributed by atoms with Crippen LogP contribution in [0.4, 0.5) is 0 Å². The number of carboxylic acids is 1. The third-order valence-electron chi connectivity index (χ3n) is 0.945. The number of hydrogen-bond acceptors (Lipinski definition) is 2. The molecule has 6 heteroatoms. The maximum absolute atomic E-state index is 10.1. The molecule has 0 aromatic carbocycles. The molecule has 0 radical (unpaired) electrons. The number of halogens is 1. The van der Waals surface area contributed by atoms with E-state index < -0.39 is 11.3 Å². The van der Waals surface area contributed by atoms with Gasteiger partial charge in [0.05, 0.1) is 0 Å². The van der Waals surface area contributed by atoms with Crippen molar-refractivity contribution >= 4 is 23.5 Å². The number of carboxylic acid groups (broad SMARTS) is 1. The molecular formula is C5H10ClN3O2. The van der Waals surface area contributed by atoms with Gasteiger partial charge in [-0.3, -0.25) is 9.79 Å². The summed E-state index contributed by atoms with van der Waals surface area (Å²) in [6.07, 6.45) is 0.231. The highest BCUT2D eigenvalue weighted by Crippen LogP contribution is 2.01. The van der Waals surface area contributed by atoms with Gasteiger partial charge in [0, 0.05) is 6.54 Å². The van der Waals surface area contributed by atoms with Crippen molar-refractivity contribution in [3.63, 3.8) is 0 Å². The first-order chi connectivity index (χ1) is 5.04. The van der Waals surface area contributed by atoms with E-state index in [0.29, 0.717) is 0 Å². The average molecular weight is 180 g/mol. The summed E-state index contributed by atoms with van der Waals surface area (Å²) in [7, 11) is 0. The largest absolute Gasteiger partial charge is 0.480 e.